The first-order chi connectivity index (χ1) is 18.6. The van der Waals surface area contributed by atoms with E-state index in [2.05, 4.69) is 71.4 Å². The van der Waals surface area contributed by atoms with Crippen molar-refractivity contribution in [1.29, 1.82) is 0 Å². The fourth-order valence-electron chi connectivity index (χ4n) is 6.08. The number of nitrogens with zero attached hydrogens (tertiary/aromatic N) is 2. The second-order valence-electron chi connectivity index (χ2n) is 10.6. The number of hydrogen-bond acceptors (Lipinski definition) is 3. The minimum atomic E-state index is -0.292. The molecular formula is C33H39N3O2. The van der Waals surface area contributed by atoms with E-state index in [-0.39, 0.29) is 23.8 Å². The van der Waals surface area contributed by atoms with E-state index >= 15 is 0 Å². The van der Waals surface area contributed by atoms with Gasteiger partial charge in [-0.1, -0.05) is 74.9 Å². The number of hydrogen-bond donors (Lipinski definition) is 1. The molecule has 5 rings (SSSR count). The molecule has 198 valence electrons. The quantitative estimate of drug-likeness (QED) is 0.372. The van der Waals surface area contributed by atoms with Gasteiger partial charge < -0.3 is 15.1 Å². The molecule has 3 aromatic carbocycles. The zero-order valence-electron chi connectivity index (χ0n) is 22.7. The first-order valence-corrected chi connectivity index (χ1v) is 14.2. The van der Waals surface area contributed by atoms with Crippen LogP contribution in [0.15, 0.2) is 72.8 Å². The van der Waals surface area contributed by atoms with E-state index < -0.39 is 0 Å². The van der Waals surface area contributed by atoms with E-state index in [1.54, 1.807) is 0 Å². The molecule has 1 aliphatic heterocycles. The lowest BCUT2D eigenvalue weighted by Crippen LogP contribution is -2.48. The van der Waals surface area contributed by atoms with Crippen molar-refractivity contribution in [3.05, 3.63) is 89.5 Å². The summed E-state index contributed by atoms with van der Waals surface area (Å²) in [6.07, 6.45) is 4.98. The van der Waals surface area contributed by atoms with E-state index in [1.807, 2.05) is 30.3 Å². The Morgan fingerprint density at radius 2 is 1.66 bits per heavy atom. The summed E-state index contributed by atoms with van der Waals surface area (Å²) < 4.78 is 0. The molecule has 0 saturated carbocycles. The van der Waals surface area contributed by atoms with Gasteiger partial charge in [0.1, 0.15) is 0 Å². The maximum Gasteiger partial charge on any atom is 0.251 e. The minimum absolute atomic E-state index is 0.0256. The molecule has 38 heavy (non-hydrogen) atoms. The van der Waals surface area contributed by atoms with Crippen molar-refractivity contribution >= 4 is 17.5 Å². The zero-order chi connectivity index (χ0) is 26.5. The van der Waals surface area contributed by atoms with Crippen LogP contribution in [0.25, 0.3) is 11.1 Å². The molecule has 5 heteroatoms. The summed E-state index contributed by atoms with van der Waals surface area (Å²) in [7, 11) is 0. The van der Waals surface area contributed by atoms with E-state index in [4.69, 9.17) is 0 Å². The van der Waals surface area contributed by atoms with Gasteiger partial charge in [-0.2, -0.15) is 0 Å². The molecule has 1 fully saturated rings. The molecule has 0 aromatic heterocycles. The molecule has 1 N–H and O–H groups in total. The van der Waals surface area contributed by atoms with Crippen LogP contribution in [-0.4, -0.2) is 48.9 Å². The Bertz CT molecular complexity index is 1270. The standard InChI is InChI=1S/C33H39N3O2/c1-3-5-21-35(20-4-2)33(38)31-28-17-10-9-16-26(28)27-18-11-19-29(30(27)31)36-22-12-15-25(23-36)34-32(37)24-13-7-6-8-14-24/h6-11,13-14,16-19,25,31H,3-5,12,15,20-23H2,1-2H3,(H,34,37). The Hall–Kier alpha value is -3.60. The third-order valence-electron chi connectivity index (χ3n) is 7.90. The number of fused-ring (bicyclic) bond motifs is 3. The maximum absolute atomic E-state index is 14.2. The van der Waals surface area contributed by atoms with Gasteiger partial charge >= 0.3 is 0 Å². The fourth-order valence-corrected chi connectivity index (χ4v) is 6.08. The summed E-state index contributed by atoms with van der Waals surface area (Å²) in [4.78, 5) is 31.6. The first kappa shape index (κ1) is 26.0. The van der Waals surface area contributed by atoms with Gasteiger partial charge in [-0.25, -0.2) is 0 Å². The molecule has 3 aromatic rings. The highest BCUT2D eigenvalue weighted by atomic mass is 16.2. The summed E-state index contributed by atoms with van der Waals surface area (Å²) in [5.41, 5.74) is 6.39. The maximum atomic E-state index is 14.2. The van der Waals surface area contributed by atoms with Crippen molar-refractivity contribution < 1.29 is 9.59 Å². The Kier molecular flexibility index (Phi) is 8.11. The Morgan fingerprint density at radius 3 is 2.45 bits per heavy atom. The number of unbranched alkanes of at least 4 members (excludes halogenated alkanes) is 1. The van der Waals surface area contributed by atoms with Crippen molar-refractivity contribution in [3.63, 3.8) is 0 Å². The minimum Gasteiger partial charge on any atom is -0.369 e. The Balaban J connectivity index is 1.46. The lowest BCUT2D eigenvalue weighted by atomic mass is 9.92. The normalized spacial score (nSPS) is 18.0. The largest absolute Gasteiger partial charge is 0.369 e. The van der Waals surface area contributed by atoms with Gasteiger partial charge in [0.2, 0.25) is 5.91 Å². The van der Waals surface area contributed by atoms with Crippen molar-refractivity contribution in [2.24, 2.45) is 0 Å². The molecule has 2 aliphatic rings. The van der Waals surface area contributed by atoms with Crippen LogP contribution in [0.4, 0.5) is 5.69 Å². The van der Waals surface area contributed by atoms with Crippen molar-refractivity contribution in [2.45, 2.75) is 57.9 Å². The summed E-state index contributed by atoms with van der Waals surface area (Å²) in [6, 6.07) is 24.3. The van der Waals surface area contributed by atoms with Crippen LogP contribution in [0.1, 0.15) is 73.4 Å². The molecule has 0 spiro atoms. The van der Waals surface area contributed by atoms with Crippen molar-refractivity contribution in [3.8, 4) is 11.1 Å². The van der Waals surface area contributed by atoms with Crippen LogP contribution in [-0.2, 0) is 4.79 Å². The van der Waals surface area contributed by atoms with Crippen LogP contribution in [0.5, 0.6) is 0 Å². The number of benzene rings is 3. The van der Waals surface area contributed by atoms with Gasteiger partial charge in [0.15, 0.2) is 0 Å². The summed E-state index contributed by atoms with van der Waals surface area (Å²) in [6.45, 7) is 7.56. The number of anilines is 1. The van der Waals surface area contributed by atoms with Gasteiger partial charge in [-0.05, 0) is 60.6 Å². The Labute approximate surface area is 226 Å². The van der Waals surface area contributed by atoms with Gasteiger partial charge in [0.05, 0.1) is 5.92 Å². The lowest BCUT2D eigenvalue weighted by Gasteiger charge is -2.37. The third-order valence-corrected chi connectivity index (χ3v) is 7.90. The van der Waals surface area contributed by atoms with Crippen molar-refractivity contribution in [2.75, 3.05) is 31.1 Å². The van der Waals surface area contributed by atoms with Gasteiger partial charge in [-0.3, -0.25) is 9.59 Å². The average molecular weight is 510 g/mol. The van der Waals surface area contributed by atoms with Crippen LogP contribution in [0, 0.1) is 0 Å². The number of amides is 2. The molecular weight excluding hydrogens is 470 g/mol. The number of rotatable bonds is 9. The van der Waals surface area contributed by atoms with Gasteiger partial charge in [-0.15, -0.1) is 0 Å². The van der Waals surface area contributed by atoms with E-state index in [9.17, 15) is 9.59 Å². The molecule has 1 aliphatic carbocycles. The molecule has 1 heterocycles. The predicted octanol–water partition coefficient (Wildman–Crippen LogP) is 6.24. The highest BCUT2D eigenvalue weighted by Gasteiger charge is 2.39. The highest BCUT2D eigenvalue weighted by molar-refractivity contribution is 5.99. The van der Waals surface area contributed by atoms with Crippen LogP contribution in [0.2, 0.25) is 0 Å². The molecule has 1 saturated heterocycles. The monoisotopic (exact) mass is 509 g/mol. The molecule has 2 amide bonds. The van der Waals surface area contributed by atoms with Crippen molar-refractivity contribution in [1.82, 2.24) is 10.2 Å². The van der Waals surface area contributed by atoms with E-state index in [0.29, 0.717) is 5.56 Å². The number of carbonyl (C=O) groups is 2. The molecule has 2 unspecified atom stereocenters. The van der Waals surface area contributed by atoms with Gasteiger partial charge in [0.25, 0.3) is 5.91 Å². The highest BCUT2D eigenvalue weighted by Crippen LogP contribution is 2.49. The van der Waals surface area contributed by atoms with Gasteiger partial charge in [0, 0.05) is 49.0 Å². The van der Waals surface area contributed by atoms with Crippen LogP contribution < -0.4 is 10.2 Å². The second kappa shape index (κ2) is 11.8. The summed E-state index contributed by atoms with van der Waals surface area (Å²) >= 11 is 0. The van der Waals surface area contributed by atoms with E-state index in [0.717, 1.165) is 75.1 Å². The summed E-state index contributed by atoms with van der Waals surface area (Å²) in [5, 5.41) is 3.26. The molecule has 2 atom stereocenters. The lowest BCUT2D eigenvalue weighted by molar-refractivity contribution is -0.131. The van der Waals surface area contributed by atoms with Crippen LogP contribution in [0.3, 0.4) is 0 Å². The molecule has 0 radical (unpaired) electrons. The van der Waals surface area contributed by atoms with Crippen LogP contribution >= 0.6 is 0 Å². The van der Waals surface area contributed by atoms with E-state index in [1.165, 1.54) is 11.1 Å². The average Bonchev–Trinajstić information content (AvgIpc) is 3.30. The Morgan fingerprint density at radius 1 is 0.895 bits per heavy atom. The number of piperidine rings is 1. The summed E-state index contributed by atoms with van der Waals surface area (Å²) in [5.74, 6) is -0.104. The predicted molar refractivity (Wildman–Crippen MR) is 155 cm³/mol. The molecule has 0 bridgehead atoms. The number of carbonyl (C=O) groups excluding carboxylic acids is 2. The smallest absolute Gasteiger partial charge is 0.251 e. The number of nitrogens with one attached hydrogen (secondary N) is 1. The SMILES string of the molecule is CCCCN(CCC)C(=O)C1c2ccccc2-c2cccc(N3CCCC(NC(=O)c4ccccc4)C3)c21. The first-order valence-electron chi connectivity index (χ1n) is 14.2. The second-order valence-corrected chi connectivity index (χ2v) is 10.6. The molecule has 5 nitrogen and oxygen atoms in total. The third kappa shape index (κ3) is 5.20. The zero-order valence-corrected chi connectivity index (χ0v) is 22.7. The fraction of sp³-hybridized carbons (Fsp3) is 0.394. The topological polar surface area (TPSA) is 52.7 Å².